The molecule has 1 aromatic rings. The van der Waals surface area contributed by atoms with Crippen molar-refractivity contribution in [3.63, 3.8) is 0 Å². The third-order valence-electron chi connectivity index (χ3n) is 2.91. The molecule has 6 heteroatoms. The molecule has 0 aromatic heterocycles. The largest absolute Gasteiger partial charge is 0.478 e. The standard InChI is InChI=1S/C14H20N2O4/c1-9(2)8-15(10(3)4)13-7-11(14(17)18)5-6-12(13)16(19)20/h5-7,9-10H,8H2,1-4H3,(H,17,18). The number of anilines is 1. The van der Waals surface area contributed by atoms with Crippen LogP contribution in [0.4, 0.5) is 11.4 Å². The number of carboxylic acids is 1. The van der Waals surface area contributed by atoms with Crippen LogP contribution in [-0.4, -0.2) is 28.6 Å². The zero-order valence-electron chi connectivity index (χ0n) is 12.2. The molecule has 0 radical (unpaired) electrons. The fourth-order valence-electron chi connectivity index (χ4n) is 2.02. The van der Waals surface area contributed by atoms with Gasteiger partial charge in [-0.1, -0.05) is 13.8 Å². The van der Waals surface area contributed by atoms with E-state index in [2.05, 4.69) is 0 Å². The summed E-state index contributed by atoms with van der Waals surface area (Å²) in [4.78, 5) is 23.6. The fraction of sp³-hybridized carbons (Fsp3) is 0.500. The van der Waals surface area contributed by atoms with E-state index in [1.54, 1.807) is 0 Å². The third kappa shape index (κ3) is 3.69. The molecule has 0 heterocycles. The van der Waals surface area contributed by atoms with Gasteiger partial charge in [-0.2, -0.15) is 0 Å². The van der Waals surface area contributed by atoms with Gasteiger partial charge < -0.3 is 10.0 Å². The minimum atomic E-state index is -1.09. The number of carbonyl (C=O) groups is 1. The van der Waals surface area contributed by atoms with Gasteiger partial charge in [-0.05, 0) is 31.9 Å². The summed E-state index contributed by atoms with van der Waals surface area (Å²) in [5.74, 6) is -0.778. The molecule has 0 saturated carbocycles. The van der Waals surface area contributed by atoms with Gasteiger partial charge in [0.1, 0.15) is 5.69 Å². The Bertz CT molecular complexity index is 512. The van der Waals surface area contributed by atoms with Crippen molar-refractivity contribution in [2.24, 2.45) is 5.92 Å². The summed E-state index contributed by atoms with van der Waals surface area (Å²) in [7, 11) is 0. The molecule has 0 amide bonds. The molecule has 0 fully saturated rings. The second-order valence-corrected chi connectivity index (χ2v) is 5.41. The van der Waals surface area contributed by atoms with Gasteiger partial charge in [-0.25, -0.2) is 4.79 Å². The molecule has 110 valence electrons. The molecule has 0 saturated heterocycles. The lowest BCUT2D eigenvalue weighted by Crippen LogP contribution is -2.34. The van der Waals surface area contributed by atoms with Crippen LogP contribution < -0.4 is 4.90 Å². The van der Waals surface area contributed by atoms with E-state index >= 15 is 0 Å². The third-order valence-corrected chi connectivity index (χ3v) is 2.91. The lowest BCUT2D eigenvalue weighted by atomic mass is 10.1. The Hall–Kier alpha value is -2.11. The van der Waals surface area contributed by atoms with Crippen LogP contribution in [0.25, 0.3) is 0 Å². The van der Waals surface area contributed by atoms with Crippen LogP contribution in [0.3, 0.4) is 0 Å². The van der Waals surface area contributed by atoms with Gasteiger partial charge in [0, 0.05) is 18.7 Å². The van der Waals surface area contributed by atoms with Gasteiger partial charge in [0.2, 0.25) is 0 Å². The van der Waals surface area contributed by atoms with Crippen LogP contribution in [0.5, 0.6) is 0 Å². The smallest absolute Gasteiger partial charge is 0.335 e. The van der Waals surface area contributed by atoms with Crippen LogP contribution in [0.15, 0.2) is 18.2 Å². The summed E-state index contributed by atoms with van der Waals surface area (Å²) < 4.78 is 0. The van der Waals surface area contributed by atoms with Crippen LogP contribution in [-0.2, 0) is 0 Å². The van der Waals surface area contributed by atoms with E-state index in [1.807, 2.05) is 32.6 Å². The lowest BCUT2D eigenvalue weighted by molar-refractivity contribution is -0.384. The highest BCUT2D eigenvalue weighted by Crippen LogP contribution is 2.31. The average molecular weight is 280 g/mol. The molecule has 1 N–H and O–H groups in total. The Morgan fingerprint density at radius 2 is 1.95 bits per heavy atom. The van der Waals surface area contributed by atoms with Crippen molar-refractivity contribution in [2.75, 3.05) is 11.4 Å². The van der Waals surface area contributed by atoms with E-state index < -0.39 is 10.9 Å². The van der Waals surface area contributed by atoms with Gasteiger partial charge in [0.15, 0.2) is 0 Å². The van der Waals surface area contributed by atoms with Crippen molar-refractivity contribution in [2.45, 2.75) is 33.7 Å². The van der Waals surface area contributed by atoms with Crippen molar-refractivity contribution in [3.05, 3.63) is 33.9 Å². The van der Waals surface area contributed by atoms with Crippen molar-refractivity contribution >= 4 is 17.3 Å². The van der Waals surface area contributed by atoms with E-state index in [0.29, 0.717) is 18.2 Å². The van der Waals surface area contributed by atoms with Crippen LogP contribution in [0.2, 0.25) is 0 Å². The molecule has 0 bridgehead atoms. The molecule has 0 aliphatic carbocycles. The van der Waals surface area contributed by atoms with Gasteiger partial charge in [0.05, 0.1) is 10.5 Å². The summed E-state index contributed by atoms with van der Waals surface area (Å²) in [6.07, 6.45) is 0. The van der Waals surface area contributed by atoms with Crippen molar-refractivity contribution in [3.8, 4) is 0 Å². The first-order chi connectivity index (χ1) is 9.23. The predicted octanol–water partition coefficient (Wildman–Crippen LogP) is 3.16. The Labute approximate surface area is 118 Å². The zero-order valence-corrected chi connectivity index (χ0v) is 12.2. The maximum Gasteiger partial charge on any atom is 0.335 e. The Morgan fingerprint density at radius 1 is 1.35 bits per heavy atom. The number of nitro benzene ring substituents is 1. The highest BCUT2D eigenvalue weighted by Gasteiger charge is 2.23. The van der Waals surface area contributed by atoms with E-state index in [0.717, 1.165) is 0 Å². The first-order valence-electron chi connectivity index (χ1n) is 6.52. The van der Waals surface area contributed by atoms with E-state index in [-0.39, 0.29) is 17.3 Å². The SMILES string of the molecule is CC(C)CN(c1cc(C(=O)O)ccc1[N+](=O)[O-])C(C)C. The number of rotatable bonds is 6. The van der Waals surface area contributed by atoms with Crippen molar-refractivity contribution < 1.29 is 14.8 Å². The maximum absolute atomic E-state index is 11.1. The molecule has 1 rings (SSSR count). The normalized spacial score (nSPS) is 10.9. The molecule has 0 atom stereocenters. The maximum atomic E-state index is 11.1. The molecule has 0 aliphatic rings. The second kappa shape index (κ2) is 6.36. The van der Waals surface area contributed by atoms with E-state index in [4.69, 9.17) is 5.11 Å². The number of aromatic carboxylic acids is 1. The van der Waals surface area contributed by atoms with Gasteiger partial charge in [-0.3, -0.25) is 10.1 Å². The highest BCUT2D eigenvalue weighted by molar-refractivity contribution is 5.90. The summed E-state index contributed by atoms with van der Waals surface area (Å²) in [5, 5.41) is 20.2. The predicted molar refractivity (Wildman–Crippen MR) is 77.4 cm³/mol. The molecule has 20 heavy (non-hydrogen) atoms. The van der Waals surface area contributed by atoms with E-state index in [1.165, 1.54) is 18.2 Å². The number of hydrogen-bond donors (Lipinski definition) is 1. The summed E-state index contributed by atoms with van der Waals surface area (Å²) in [5.41, 5.74) is 0.350. The number of carboxylic acid groups (broad SMARTS) is 1. The minimum absolute atomic E-state index is 0.0418. The lowest BCUT2D eigenvalue weighted by Gasteiger charge is -2.30. The van der Waals surface area contributed by atoms with E-state index in [9.17, 15) is 14.9 Å². The van der Waals surface area contributed by atoms with Crippen LogP contribution in [0, 0.1) is 16.0 Å². The van der Waals surface area contributed by atoms with Crippen molar-refractivity contribution in [1.29, 1.82) is 0 Å². The zero-order chi connectivity index (χ0) is 15.4. The average Bonchev–Trinajstić information content (AvgIpc) is 2.34. The molecular formula is C14H20N2O4. The minimum Gasteiger partial charge on any atom is -0.478 e. The molecule has 1 aromatic carbocycles. The molecule has 0 spiro atoms. The van der Waals surface area contributed by atoms with Crippen LogP contribution >= 0.6 is 0 Å². The number of nitro groups is 1. The fourth-order valence-corrected chi connectivity index (χ4v) is 2.02. The summed E-state index contributed by atoms with van der Waals surface area (Å²) >= 11 is 0. The highest BCUT2D eigenvalue weighted by atomic mass is 16.6. The topological polar surface area (TPSA) is 83.7 Å². The molecule has 6 nitrogen and oxygen atoms in total. The number of hydrogen-bond acceptors (Lipinski definition) is 4. The number of benzene rings is 1. The first-order valence-corrected chi connectivity index (χ1v) is 6.52. The first kappa shape index (κ1) is 15.9. The Kier molecular flexibility index (Phi) is 5.07. The monoisotopic (exact) mass is 280 g/mol. The second-order valence-electron chi connectivity index (χ2n) is 5.41. The molecule has 0 unspecified atom stereocenters. The Balaban J connectivity index is 3.38. The van der Waals surface area contributed by atoms with Gasteiger partial charge in [0.25, 0.3) is 5.69 Å². The Morgan fingerprint density at radius 3 is 2.35 bits per heavy atom. The summed E-state index contributed by atoms with van der Waals surface area (Å²) in [6, 6.07) is 3.94. The van der Waals surface area contributed by atoms with Gasteiger partial charge >= 0.3 is 5.97 Å². The quantitative estimate of drug-likeness (QED) is 0.639. The van der Waals surface area contributed by atoms with Gasteiger partial charge in [-0.15, -0.1) is 0 Å². The van der Waals surface area contributed by atoms with Crippen molar-refractivity contribution in [1.82, 2.24) is 0 Å². The van der Waals surface area contributed by atoms with Crippen LogP contribution in [0.1, 0.15) is 38.1 Å². The summed E-state index contributed by atoms with van der Waals surface area (Å²) in [6.45, 7) is 8.52. The molecule has 0 aliphatic heterocycles. The number of nitrogens with zero attached hydrogens (tertiary/aromatic N) is 2. The molecular weight excluding hydrogens is 260 g/mol.